The van der Waals surface area contributed by atoms with E-state index in [-0.39, 0.29) is 12.1 Å². The smallest absolute Gasteiger partial charge is 0.339 e. The lowest BCUT2D eigenvalue weighted by molar-refractivity contribution is -0.120. The number of para-hydroxylation sites is 1. The van der Waals surface area contributed by atoms with E-state index in [1.807, 2.05) is 0 Å². The zero-order valence-corrected chi connectivity index (χ0v) is 13.8. The Balaban J connectivity index is 1.98. The van der Waals surface area contributed by atoms with Gasteiger partial charge < -0.3 is 15.4 Å². The van der Waals surface area contributed by atoms with Crippen LogP contribution in [0.3, 0.4) is 0 Å². The molecular formula is C18H18F2N2O3. The van der Waals surface area contributed by atoms with E-state index in [1.165, 1.54) is 13.2 Å². The first-order valence-electron chi connectivity index (χ1n) is 7.58. The summed E-state index contributed by atoms with van der Waals surface area (Å²) in [5.41, 5.74) is 0.935. The molecule has 0 heterocycles. The van der Waals surface area contributed by atoms with Gasteiger partial charge in [-0.25, -0.2) is 13.6 Å². The molecule has 0 radical (unpaired) electrons. The van der Waals surface area contributed by atoms with Crippen LogP contribution in [0.15, 0.2) is 42.5 Å². The maximum absolute atomic E-state index is 13.7. The van der Waals surface area contributed by atoms with E-state index in [2.05, 4.69) is 15.4 Å². The highest BCUT2D eigenvalue weighted by Crippen LogP contribution is 2.18. The molecule has 0 saturated carbocycles. The van der Waals surface area contributed by atoms with Crippen LogP contribution in [0.25, 0.3) is 0 Å². The monoisotopic (exact) mass is 348 g/mol. The van der Waals surface area contributed by atoms with Crippen molar-refractivity contribution in [3.8, 4) is 0 Å². The molecule has 7 heteroatoms. The van der Waals surface area contributed by atoms with Crippen LogP contribution in [0.5, 0.6) is 0 Å². The first-order chi connectivity index (χ1) is 11.9. The number of hydrogen-bond acceptors (Lipinski definition) is 4. The highest BCUT2D eigenvalue weighted by Gasteiger charge is 2.15. The van der Waals surface area contributed by atoms with E-state index < -0.39 is 29.6 Å². The Labute approximate surface area is 144 Å². The predicted octanol–water partition coefficient (Wildman–Crippen LogP) is 3.04. The van der Waals surface area contributed by atoms with Gasteiger partial charge in [0, 0.05) is 17.3 Å². The molecular weight excluding hydrogens is 330 g/mol. The minimum atomic E-state index is -0.725. The number of anilines is 1. The second-order valence-electron chi connectivity index (χ2n) is 5.35. The van der Waals surface area contributed by atoms with Gasteiger partial charge in [-0.05, 0) is 25.1 Å². The van der Waals surface area contributed by atoms with Crippen molar-refractivity contribution in [2.24, 2.45) is 0 Å². The summed E-state index contributed by atoms with van der Waals surface area (Å²) in [6, 6.07) is 9.15. The lowest BCUT2D eigenvalue weighted by Crippen LogP contribution is -2.32. The summed E-state index contributed by atoms with van der Waals surface area (Å²) in [4.78, 5) is 23.7. The normalized spacial score (nSPS) is 11.5. The third-order valence-electron chi connectivity index (χ3n) is 3.58. The van der Waals surface area contributed by atoms with E-state index in [1.54, 1.807) is 31.2 Å². The molecule has 0 saturated heterocycles. The van der Waals surface area contributed by atoms with Gasteiger partial charge in [-0.3, -0.25) is 4.79 Å². The lowest BCUT2D eigenvalue weighted by atomic mass is 10.1. The van der Waals surface area contributed by atoms with E-state index in [4.69, 9.17) is 0 Å². The van der Waals surface area contributed by atoms with Gasteiger partial charge in [-0.1, -0.05) is 18.2 Å². The van der Waals surface area contributed by atoms with Crippen molar-refractivity contribution in [2.45, 2.75) is 13.0 Å². The Hall–Kier alpha value is -2.96. The van der Waals surface area contributed by atoms with Gasteiger partial charge in [0.2, 0.25) is 5.91 Å². The standard InChI is InChI=1S/C18H18F2N2O3/c1-11(13-8-7-12(19)9-15(13)20)22-17(23)10-21-16-6-4-3-5-14(16)18(24)25-2/h3-9,11,21H,10H2,1-2H3,(H,22,23)/t11-/m1/s1. The summed E-state index contributed by atoms with van der Waals surface area (Å²) in [6.45, 7) is 1.47. The van der Waals surface area contributed by atoms with Crippen molar-refractivity contribution >= 4 is 17.6 Å². The Kier molecular flexibility index (Phi) is 6.05. The quantitative estimate of drug-likeness (QED) is 0.788. The second kappa shape index (κ2) is 8.23. The number of ether oxygens (including phenoxy) is 1. The number of halogens is 2. The van der Waals surface area contributed by atoms with Crippen molar-refractivity contribution in [3.05, 3.63) is 65.2 Å². The molecule has 2 aromatic carbocycles. The summed E-state index contributed by atoms with van der Waals surface area (Å²) in [5.74, 6) is -2.33. The Morgan fingerprint density at radius 2 is 1.88 bits per heavy atom. The maximum atomic E-state index is 13.7. The molecule has 0 aliphatic carbocycles. The van der Waals surface area contributed by atoms with E-state index in [9.17, 15) is 18.4 Å². The fourth-order valence-corrected chi connectivity index (χ4v) is 2.32. The summed E-state index contributed by atoms with van der Waals surface area (Å²) in [6.07, 6.45) is 0. The Morgan fingerprint density at radius 3 is 2.56 bits per heavy atom. The van der Waals surface area contributed by atoms with Gasteiger partial charge >= 0.3 is 5.97 Å². The summed E-state index contributed by atoms with van der Waals surface area (Å²) >= 11 is 0. The highest BCUT2D eigenvalue weighted by molar-refractivity contribution is 5.96. The average molecular weight is 348 g/mol. The van der Waals surface area contributed by atoms with Gasteiger partial charge in [0.25, 0.3) is 0 Å². The Bertz CT molecular complexity index is 781. The molecule has 0 aromatic heterocycles. The van der Waals surface area contributed by atoms with Crippen LogP contribution in [-0.2, 0) is 9.53 Å². The third kappa shape index (κ3) is 4.76. The number of esters is 1. The second-order valence-corrected chi connectivity index (χ2v) is 5.35. The van der Waals surface area contributed by atoms with Crippen molar-refractivity contribution in [1.29, 1.82) is 0 Å². The van der Waals surface area contributed by atoms with E-state index >= 15 is 0 Å². The maximum Gasteiger partial charge on any atom is 0.339 e. The molecule has 1 atom stereocenters. The number of hydrogen-bond donors (Lipinski definition) is 2. The average Bonchev–Trinajstić information content (AvgIpc) is 2.59. The van der Waals surface area contributed by atoms with Crippen LogP contribution in [0.1, 0.15) is 28.9 Å². The van der Waals surface area contributed by atoms with Crippen molar-refractivity contribution in [3.63, 3.8) is 0 Å². The van der Waals surface area contributed by atoms with Crippen molar-refractivity contribution < 1.29 is 23.1 Å². The zero-order valence-electron chi connectivity index (χ0n) is 13.8. The highest BCUT2D eigenvalue weighted by atomic mass is 19.1. The number of rotatable bonds is 6. The summed E-state index contributed by atoms with van der Waals surface area (Å²) in [7, 11) is 1.27. The molecule has 132 valence electrons. The lowest BCUT2D eigenvalue weighted by Gasteiger charge is -2.16. The first-order valence-corrected chi connectivity index (χ1v) is 7.58. The van der Waals surface area contributed by atoms with Crippen LogP contribution in [0.4, 0.5) is 14.5 Å². The predicted molar refractivity (Wildman–Crippen MR) is 89.2 cm³/mol. The molecule has 2 aromatic rings. The number of amides is 1. The molecule has 0 aliphatic heterocycles. The molecule has 0 bridgehead atoms. The first kappa shape index (κ1) is 18.4. The van der Waals surface area contributed by atoms with Crippen LogP contribution in [-0.4, -0.2) is 25.5 Å². The van der Waals surface area contributed by atoms with Crippen LogP contribution < -0.4 is 10.6 Å². The largest absolute Gasteiger partial charge is 0.465 e. The van der Waals surface area contributed by atoms with Crippen molar-refractivity contribution in [2.75, 3.05) is 19.0 Å². The minimum Gasteiger partial charge on any atom is -0.465 e. The van der Waals surface area contributed by atoms with Crippen LogP contribution in [0, 0.1) is 11.6 Å². The molecule has 0 unspecified atom stereocenters. The van der Waals surface area contributed by atoms with Crippen molar-refractivity contribution in [1.82, 2.24) is 5.32 Å². The zero-order chi connectivity index (χ0) is 18.4. The topological polar surface area (TPSA) is 67.4 Å². The number of methoxy groups -OCH3 is 1. The molecule has 1 amide bonds. The molecule has 5 nitrogen and oxygen atoms in total. The number of carbonyl (C=O) groups is 2. The molecule has 0 aliphatic rings. The molecule has 25 heavy (non-hydrogen) atoms. The van der Waals surface area contributed by atoms with E-state index in [0.29, 0.717) is 11.3 Å². The Morgan fingerprint density at radius 1 is 1.16 bits per heavy atom. The van der Waals surface area contributed by atoms with E-state index in [0.717, 1.165) is 12.1 Å². The summed E-state index contributed by atoms with van der Waals surface area (Å²) < 4.78 is 31.3. The minimum absolute atomic E-state index is 0.124. The molecule has 0 spiro atoms. The van der Waals surface area contributed by atoms with Gasteiger partial charge in [-0.2, -0.15) is 0 Å². The van der Waals surface area contributed by atoms with Crippen LogP contribution in [0.2, 0.25) is 0 Å². The third-order valence-corrected chi connectivity index (χ3v) is 3.58. The fraction of sp³-hybridized carbons (Fsp3) is 0.222. The number of benzene rings is 2. The van der Waals surface area contributed by atoms with Gasteiger partial charge in [0.05, 0.1) is 25.3 Å². The van der Waals surface area contributed by atoms with Gasteiger partial charge in [0.1, 0.15) is 11.6 Å². The summed E-state index contributed by atoms with van der Waals surface area (Å²) in [5, 5.41) is 5.45. The molecule has 2 N–H and O–H groups in total. The number of nitrogens with one attached hydrogen (secondary N) is 2. The molecule has 2 rings (SSSR count). The van der Waals surface area contributed by atoms with Gasteiger partial charge in [0.15, 0.2) is 0 Å². The van der Waals surface area contributed by atoms with Crippen LogP contribution >= 0.6 is 0 Å². The molecule has 0 fully saturated rings. The fourth-order valence-electron chi connectivity index (χ4n) is 2.32. The SMILES string of the molecule is COC(=O)c1ccccc1NCC(=O)N[C@H](C)c1ccc(F)cc1F. The number of carbonyl (C=O) groups excluding carboxylic acids is 2. The van der Waals surface area contributed by atoms with Gasteiger partial charge in [-0.15, -0.1) is 0 Å².